The summed E-state index contributed by atoms with van der Waals surface area (Å²) >= 11 is 0. The van der Waals surface area contributed by atoms with E-state index in [0.29, 0.717) is 0 Å². The van der Waals surface area contributed by atoms with Gasteiger partial charge in [0.15, 0.2) is 0 Å². The predicted molar refractivity (Wildman–Crippen MR) is 150 cm³/mol. The molecule has 4 aromatic rings. The van der Waals surface area contributed by atoms with E-state index in [-0.39, 0.29) is 12.1 Å². The van der Waals surface area contributed by atoms with Crippen molar-refractivity contribution in [1.29, 1.82) is 0 Å². The fraction of sp³-hybridized carbons (Fsp3) is 0.0714. The van der Waals surface area contributed by atoms with Gasteiger partial charge >= 0.3 is 212 Å². The Morgan fingerprint density at radius 3 is 1.47 bits per heavy atom. The molecule has 1 spiro atoms. The monoisotopic (exact) mass is 512 g/mol. The van der Waals surface area contributed by atoms with E-state index in [4.69, 9.17) is 0 Å². The Balaban J connectivity index is 1.82. The first kappa shape index (κ1) is 22.7. The van der Waals surface area contributed by atoms with Crippen molar-refractivity contribution in [3.05, 3.63) is 121 Å². The Morgan fingerprint density at radius 2 is 0.972 bits per heavy atom. The number of carbonyl (C=O) groups excluding carboxylic acids is 2. The second kappa shape index (κ2) is 8.16. The van der Waals surface area contributed by atoms with Crippen LogP contribution in [0.25, 0.3) is 0 Å². The summed E-state index contributed by atoms with van der Waals surface area (Å²) in [4.78, 5) is 28.4. The van der Waals surface area contributed by atoms with Crippen LogP contribution in [0.15, 0.2) is 121 Å². The topological polar surface area (TPSA) is 47.1 Å². The molecule has 2 fully saturated rings. The Morgan fingerprint density at radius 1 is 0.556 bits per heavy atom. The third kappa shape index (κ3) is 2.58. The van der Waals surface area contributed by atoms with Crippen molar-refractivity contribution in [3.8, 4) is 0 Å². The van der Waals surface area contributed by atoms with Gasteiger partial charge < -0.3 is 0 Å². The van der Waals surface area contributed by atoms with Crippen LogP contribution in [0.2, 0.25) is 0 Å². The number of urea groups is 2. The summed E-state index contributed by atoms with van der Waals surface area (Å²) in [5.74, 6) is 0. The van der Waals surface area contributed by atoms with Crippen LogP contribution >= 0.6 is 14.5 Å². The van der Waals surface area contributed by atoms with Gasteiger partial charge in [-0.1, -0.05) is 0 Å². The molecule has 1 unspecified atom stereocenters. The Hall–Kier alpha value is -3.72. The van der Waals surface area contributed by atoms with Gasteiger partial charge in [-0.15, -0.1) is 0 Å². The van der Waals surface area contributed by atoms with Crippen LogP contribution < -0.4 is 19.9 Å². The van der Waals surface area contributed by atoms with Gasteiger partial charge in [0, 0.05) is 0 Å². The molecule has 2 aliphatic rings. The molecule has 0 radical (unpaired) electrons. The number of rotatable bonds is 4. The minimum absolute atomic E-state index is 0.113. The van der Waals surface area contributed by atoms with Gasteiger partial charge in [0.1, 0.15) is 0 Å². The minimum atomic E-state index is -3.96. The first-order valence-electron chi connectivity index (χ1n) is 11.7. The van der Waals surface area contributed by atoms with Gasteiger partial charge in [-0.2, -0.15) is 0 Å². The molecule has 0 N–H and O–H groups in total. The van der Waals surface area contributed by atoms with Crippen LogP contribution in [-0.2, 0) is 0 Å². The molecule has 2 saturated heterocycles. The fourth-order valence-electron chi connectivity index (χ4n) is 5.63. The molecule has 2 aliphatic heterocycles. The second-order valence-corrected chi connectivity index (χ2v) is 17.6. The Kier molecular flexibility index (Phi) is 5.15. The van der Waals surface area contributed by atoms with Crippen molar-refractivity contribution in [3.63, 3.8) is 0 Å². The van der Waals surface area contributed by atoms with Gasteiger partial charge in [0.05, 0.1) is 0 Å². The van der Waals surface area contributed by atoms with E-state index < -0.39 is 14.5 Å². The molecule has 8 heteroatoms. The van der Waals surface area contributed by atoms with E-state index in [1.165, 1.54) is 0 Å². The molecule has 4 amide bonds. The third-order valence-electron chi connectivity index (χ3n) is 7.04. The van der Waals surface area contributed by atoms with Crippen molar-refractivity contribution < 1.29 is 9.59 Å². The van der Waals surface area contributed by atoms with Gasteiger partial charge in [0.2, 0.25) is 0 Å². The number of carbonyl (C=O) groups is 2. The molecule has 36 heavy (non-hydrogen) atoms. The van der Waals surface area contributed by atoms with E-state index in [2.05, 4.69) is 24.3 Å². The molecule has 180 valence electrons. The Bertz CT molecular complexity index is 1440. The number of nitrogens with zero attached hydrogens (tertiary/aromatic N) is 4. The quantitative estimate of drug-likeness (QED) is 0.298. The molecule has 6 nitrogen and oxygen atoms in total. The van der Waals surface area contributed by atoms with Crippen molar-refractivity contribution in [2.75, 3.05) is 23.4 Å². The molecule has 1 atom stereocenters. The molecule has 0 aliphatic carbocycles. The SMILES string of the molecule is CN1C(=O)N(c2ccccc2)P2(c3ccccc3)(N(C)C(=O)N2c2ccccc2)P1c1ccccc1. The first-order valence-corrected chi connectivity index (χ1v) is 15.8. The summed E-state index contributed by atoms with van der Waals surface area (Å²) in [6.07, 6.45) is 0. The van der Waals surface area contributed by atoms with Gasteiger partial charge in [0.25, 0.3) is 0 Å². The van der Waals surface area contributed by atoms with E-state index >= 15 is 0 Å². The van der Waals surface area contributed by atoms with Crippen LogP contribution in [0.3, 0.4) is 0 Å². The summed E-state index contributed by atoms with van der Waals surface area (Å²) < 4.78 is 7.67. The van der Waals surface area contributed by atoms with Gasteiger partial charge in [-0.25, -0.2) is 0 Å². The summed E-state index contributed by atoms with van der Waals surface area (Å²) in [7, 11) is 2.36. The molecule has 0 bridgehead atoms. The van der Waals surface area contributed by atoms with Crippen LogP contribution in [-0.4, -0.2) is 35.5 Å². The summed E-state index contributed by atoms with van der Waals surface area (Å²) in [5.41, 5.74) is 1.56. The number of hydrogen-bond donors (Lipinski definition) is 0. The maximum atomic E-state index is 14.4. The standard InChI is InChI=1S/C28H26N4O2P2/c1-29-27(33)31(23-15-7-3-8-16-23)36(26-21-13-6-14-22-26,35(29)25-19-11-5-12-20-25)30(2)28(34)32(36)24-17-9-4-10-18-24/h3-22H,1-2H3. The van der Waals surface area contributed by atoms with Gasteiger partial charge in [-0.05, 0) is 0 Å². The van der Waals surface area contributed by atoms with Crippen LogP contribution in [0.4, 0.5) is 21.0 Å². The average molecular weight is 512 g/mol. The molecular formula is C28H26N4O2P2. The van der Waals surface area contributed by atoms with Crippen LogP contribution in [0.5, 0.6) is 0 Å². The third-order valence-corrected chi connectivity index (χ3v) is 20.2. The summed E-state index contributed by atoms with van der Waals surface area (Å²) in [6, 6.07) is 39.6. The fourth-order valence-corrected chi connectivity index (χ4v) is 20.5. The maximum absolute atomic E-state index is 14.4. The molecule has 2 heterocycles. The average Bonchev–Trinajstić information content (AvgIpc) is 3.16. The zero-order valence-corrected chi connectivity index (χ0v) is 21.8. The number of amides is 4. The Labute approximate surface area is 212 Å². The van der Waals surface area contributed by atoms with E-state index in [1.54, 1.807) is 0 Å². The van der Waals surface area contributed by atoms with Crippen molar-refractivity contribution in [1.82, 2.24) is 9.34 Å². The van der Waals surface area contributed by atoms with E-state index in [1.807, 2.05) is 130 Å². The first-order chi connectivity index (χ1) is 17.5. The number of benzene rings is 4. The summed E-state index contributed by atoms with van der Waals surface area (Å²) in [5, 5.41) is 2.02. The molecule has 0 aromatic heterocycles. The van der Waals surface area contributed by atoms with Crippen molar-refractivity contribution in [2.24, 2.45) is 0 Å². The van der Waals surface area contributed by atoms with Crippen LogP contribution in [0, 0.1) is 0 Å². The predicted octanol–water partition coefficient (Wildman–Crippen LogP) is 6.39. The zero-order valence-electron chi connectivity index (χ0n) is 20.0. The van der Waals surface area contributed by atoms with Crippen LogP contribution in [0.1, 0.15) is 0 Å². The molecule has 0 saturated carbocycles. The van der Waals surface area contributed by atoms with Gasteiger partial charge in [-0.3, -0.25) is 0 Å². The zero-order chi connectivity index (χ0) is 24.9. The number of hydrogen-bond acceptors (Lipinski definition) is 2. The molecule has 4 aromatic carbocycles. The van der Waals surface area contributed by atoms with Crippen molar-refractivity contribution in [2.45, 2.75) is 0 Å². The molecular weight excluding hydrogens is 486 g/mol. The second-order valence-electron chi connectivity index (χ2n) is 8.80. The normalized spacial score (nSPS) is 21.3. The number of anilines is 2. The van der Waals surface area contributed by atoms with E-state index in [9.17, 15) is 9.59 Å². The number of para-hydroxylation sites is 2. The summed E-state index contributed by atoms with van der Waals surface area (Å²) in [6.45, 7) is -3.96. The molecule has 6 rings (SSSR count). The van der Waals surface area contributed by atoms with E-state index in [0.717, 1.165) is 22.0 Å². The van der Waals surface area contributed by atoms with Crippen molar-refractivity contribution >= 4 is 48.6 Å².